The molecule has 0 bridgehead atoms. The Kier molecular flexibility index (Phi) is 5.72. The Labute approximate surface area is 134 Å². The average molecular weight is 344 g/mol. The van der Waals surface area contributed by atoms with Crippen molar-refractivity contribution < 1.29 is 9.90 Å². The van der Waals surface area contributed by atoms with Gasteiger partial charge >= 0.3 is 5.97 Å². The van der Waals surface area contributed by atoms with Crippen LogP contribution in [0.25, 0.3) is 10.2 Å². The fourth-order valence-electron chi connectivity index (χ4n) is 1.79. The summed E-state index contributed by atoms with van der Waals surface area (Å²) in [6, 6.07) is 1.79. The Bertz CT molecular complexity index is 696. The van der Waals surface area contributed by atoms with Crippen molar-refractivity contribution in [3.8, 4) is 0 Å². The van der Waals surface area contributed by atoms with E-state index in [1.165, 1.54) is 11.3 Å². The lowest BCUT2D eigenvalue weighted by Crippen LogP contribution is -2.24. The van der Waals surface area contributed by atoms with E-state index in [2.05, 4.69) is 11.9 Å². The molecule has 0 radical (unpaired) electrons. The van der Waals surface area contributed by atoms with Gasteiger partial charge in [0.05, 0.1) is 11.3 Å². The molecule has 8 heteroatoms. The molecule has 114 valence electrons. The summed E-state index contributed by atoms with van der Waals surface area (Å²) in [4.78, 5) is 27.7. The number of rotatable bonds is 7. The number of nitrogens with zero attached hydrogens (tertiary/aromatic N) is 2. The molecule has 2 aromatic rings. The van der Waals surface area contributed by atoms with E-state index < -0.39 is 5.97 Å². The SMILES string of the molecule is CSC(C)CCn1c(SCC(=O)O)nc2ccsc2c1=O. The third-order valence-electron chi connectivity index (χ3n) is 3.02. The zero-order valence-electron chi connectivity index (χ0n) is 11.7. The number of aromatic nitrogens is 2. The van der Waals surface area contributed by atoms with Gasteiger partial charge in [0.2, 0.25) is 0 Å². The van der Waals surface area contributed by atoms with Gasteiger partial charge in [0.1, 0.15) is 4.70 Å². The van der Waals surface area contributed by atoms with Gasteiger partial charge in [-0.05, 0) is 24.1 Å². The van der Waals surface area contributed by atoms with Gasteiger partial charge in [-0.25, -0.2) is 4.98 Å². The largest absolute Gasteiger partial charge is 0.481 e. The minimum Gasteiger partial charge on any atom is -0.481 e. The Morgan fingerprint density at radius 2 is 2.33 bits per heavy atom. The van der Waals surface area contributed by atoms with Gasteiger partial charge in [-0.15, -0.1) is 11.3 Å². The van der Waals surface area contributed by atoms with E-state index in [0.717, 1.165) is 18.2 Å². The summed E-state index contributed by atoms with van der Waals surface area (Å²) in [5.41, 5.74) is 0.572. The number of thiophene rings is 1. The third-order valence-corrected chi connectivity index (χ3v) is 5.91. The number of fused-ring (bicyclic) bond motifs is 1. The molecule has 0 fully saturated rings. The summed E-state index contributed by atoms with van der Waals surface area (Å²) in [6.45, 7) is 2.67. The molecule has 2 heterocycles. The van der Waals surface area contributed by atoms with Crippen LogP contribution in [0, 0.1) is 0 Å². The number of hydrogen-bond donors (Lipinski definition) is 1. The highest BCUT2D eigenvalue weighted by molar-refractivity contribution is 7.99. The Morgan fingerprint density at radius 1 is 1.57 bits per heavy atom. The van der Waals surface area contributed by atoms with Gasteiger partial charge < -0.3 is 5.11 Å². The molecule has 0 aliphatic rings. The summed E-state index contributed by atoms with van der Waals surface area (Å²) < 4.78 is 2.24. The molecule has 5 nitrogen and oxygen atoms in total. The first kappa shape index (κ1) is 16.4. The summed E-state index contributed by atoms with van der Waals surface area (Å²) in [7, 11) is 0. The van der Waals surface area contributed by atoms with Crippen LogP contribution in [0.5, 0.6) is 0 Å². The molecule has 1 atom stereocenters. The van der Waals surface area contributed by atoms with Crippen molar-refractivity contribution in [2.24, 2.45) is 0 Å². The highest BCUT2D eigenvalue weighted by Crippen LogP contribution is 2.22. The van der Waals surface area contributed by atoms with Gasteiger partial charge in [0, 0.05) is 11.8 Å². The lowest BCUT2D eigenvalue weighted by atomic mass is 10.3. The van der Waals surface area contributed by atoms with Crippen LogP contribution in [0.3, 0.4) is 0 Å². The third kappa shape index (κ3) is 4.02. The average Bonchev–Trinajstić information content (AvgIpc) is 2.92. The molecule has 2 aromatic heterocycles. The molecule has 0 aliphatic heterocycles. The number of aliphatic carboxylic acids is 1. The maximum Gasteiger partial charge on any atom is 0.313 e. The van der Waals surface area contributed by atoms with E-state index in [-0.39, 0.29) is 11.3 Å². The molecular weight excluding hydrogens is 328 g/mol. The van der Waals surface area contributed by atoms with Crippen LogP contribution in [-0.2, 0) is 11.3 Å². The molecule has 21 heavy (non-hydrogen) atoms. The topological polar surface area (TPSA) is 72.2 Å². The van der Waals surface area contributed by atoms with Crippen LogP contribution in [-0.4, -0.2) is 37.9 Å². The monoisotopic (exact) mass is 344 g/mol. The number of thioether (sulfide) groups is 2. The number of carboxylic acid groups (broad SMARTS) is 1. The van der Waals surface area contributed by atoms with Crippen LogP contribution in [0.4, 0.5) is 0 Å². The summed E-state index contributed by atoms with van der Waals surface area (Å²) in [6.07, 6.45) is 2.88. The van der Waals surface area contributed by atoms with E-state index in [9.17, 15) is 9.59 Å². The van der Waals surface area contributed by atoms with Gasteiger partial charge in [0.25, 0.3) is 5.56 Å². The van der Waals surface area contributed by atoms with Gasteiger partial charge in [-0.1, -0.05) is 18.7 Å². The van der Waals surface area contributed by atoms with E-state index in [1.54, 1.807) is 22.4 Å². The summed E-state index contributed by atoms with van der Waals surface area (Å²) in [5.74, 6) is -1.01. The molecule has 0 spiro atoms. The minimum atomic E-state index is -0.913. The molecular formula is C13H16N2O3S3. The first-order chi connectivity index (χ1) is 10.0. The lowest BCUT2D eigenvalue weighted by molar-refractivity contribution is -0.133. The van der Waals surface area contributed by atoms with Crippen LogP contribution in [0.2, 0.25) is 0 Å². The zero-order chi connectivity index (χ0) is 15.4. The van der Waals surface area contributed by atoms with E-state index in [4.69, 9.17) is 5.11 Å². The fourth-order valence-corrected chi connectivity index (χ4v) is 3.65. The Balaban J connectivity index is 2.37. The van der Waals surface area contributed by atoms with Crippen LogP contribution in [0.15, 0.2) is 21.4 Å². The molecule has 1 unspecified atom stereocenters. The second-order valence-corrected chi connectivity index (χ2v) is 7.64. The van der Waals surface area contributed by atoms with E-state index >= 15 is 0 Å². The van der Waals surface area contributed by atoms with Crippen molar-refractivity contribution >= 4 is 51.0 Å². The van der Waals surface area contributed by atoms with Crippen molar-refractivity contribution in [3.05, 3.63) is 21.8 Å². The standard InChI is InChI=1S/C13H16N2O3S3/c1-8(19-2)3-5-15-12(18)11-9(4-6-20-11)14-13(15)21-7-10(16)17/h4,6,8H,3,5,7H2,1-2H3,(H,16,17). The molecule has 0 aliphatic carbocycles. The minimum absolute atomic E-state index is 0.0730. The summed E-state index contributed by atoms with van der Waals surface area (Å²) in [5, 5.41) is 11.6. The number of hydrogen-bond acceptors (Lipinski definition) is 6. The fraction of sp³-hybridized carbons (Fsp3) is 0.462. The van der Waals surface area contributed by atoms with Gasteiger partial charge in [-0.2, -0.15) is 11.8 Å². The maximum atomic E-state index is 12.5. The smallest absolute Gasteiger partial charge is 0.313 e. The normalized spacial score (nSPS) is 12.7. The maximum absolute atomic E-state index is 12.5. The highest BCUT2D eigenvalue weighted by Gasteiger charge is 2.14. The van der Waals surface area contributed by atoms with Crippen molar-refractivity contribution in [3.63, 3.8) is 0 Å². The quantitative estimate of drug-likeness (QED) is 0.615. The van der Waals surface area contributed by atoms with Gasteiger partial charge in [0.15, 0.2) is 5.16 Å². The number of carboxylic acids is 1. The van der Waals surface area contributed by atoms with E-state index in [1.807, 2.05) is 11.6 Å². The predicted octanol–water partition coefficient (Wildman–Crippen LogP) is 2.78. The van der Waals surface area contributed by atoms with E-state index in [0.29, 0.717) is 27.2 Å². The molecule has 0 saturated carbocycles. The molecule has 0 saturated heterocycles. The first-order valence-electron chi connectivity index (χ1n) is 6.38. The molecule has 0 aromatic carbocycles. The van der Waals surface area contributed by atoms with Crippen molar-refractivity contribution in [2.75, 3.05) is 12.0 Å². The second kappa shape index (κ2) is 7.33. The Hall–Kier alpha value is -0.990. The van der Waals surface area contributed by atoms with Gasteiger partial charge in [-0.3, -0.25) is 14.2 Å². The molecule has 2 rings (SSSR count). The van der Waals surface area contributed by atoms with Crippen LogP contribution in [0.1, 0.15) is 13.3 Å². The lowest BCUT2D eigenvalue weighted by Gasteiger charge is -2.13. The number of carbonyl (C=O) groups is 1. The van der Waals surface area contributed by atoms with Crippen molar-refractivity contribution in [2.45, 2.75) is 30.3 Å². The second-order valence-electron chi connectivity index (χ2n) is 4.50. The molecule has 1 N–H and O–H groups in total. The first-order valence-corrected chi connectivity index (χ1v) is 9.53. The Morgan fingerprint density at radius 3 is 3.00 bits per heavy atom. The van der Waals surface area contributed by atoms with Crippen molar-refractivity contribution in [1.82, 2.24) is 9.55 Å². The molecule has 0 amide bonds. The predicted molar refractivity (Wildman–Crippen MR) is 89.8 cm³/mol. The van der Waals surface area contributed by atoms with Crippen molar-refractivity contribution in [1.29, 1.82) is 0 Å². The zero-order valence-corrected chi connectivity index (χ0v) is 14.2. The summed E-state index contributed by atoms with van der Waals surface area (Å²) >= 11 is 4.22. The van der Waals surface area contributed by atoms with Crippen LogP contribution >= 0.6 is 34.9 Å². The highest BCUT2D eigenvalue weighted by atomic mass is 32.2. The van der Waals surface area contributed by atoms with Crippen LogP contribution < -0.4 is 5.56 Å².